The van der Waals surface area contributed by atoms with Crippen LogP contribution in [0, 0.1) is 6.92 Å². The molecule has 0 bridgehead atoms. The summed E-state index contributed by atoms with van der Waals surface area (Å²) >= 11 is 0. The lowest BCUT2D eigenvalue weighted by Crippen LogP contribution is -2.23. The van der Waals surface area contributed by atoms with Crippen LogP contribution in [0.3, 0.4) is 0 Å². The number of carbonyl (C=O) groups is 1. The van der Waals surface area contributed by atoms with Crippen molar-refractivity contribution in [1.82, 2.24) is 5.32 Å². The van der Waals surface area contributed by atoms with E-state index in [0.717, 1.165) is 30.4 Å². The van der Waals surface area contributed by atoms with Gasteiger partial charge in [-0.15, -0.1) is 0 Å². The van der Waals surface area contributed by atoms with Crippen LogP contribution in [0.1, 0.15) is 87.9 Å². The zero-order chi connectivity index (χ0) is 33.6. The van der Waals surface area contributed by atoms with Crippen molar-refractivity contribution < 1.29 is 29.6 Å². The first-order valence-electron chi connectivity index (χ1n) is 16.0. The van der Waals surface area contributed by atoms with E-state index >= 15 is 0 Å². The van der Waals surface area contributed by atoms with Crippen LogP contribution in [-0.4, -0.2) is 41.2 Å². The summed E-state index contributed by atoms with van der Waals surface area (Å²) in [6.45, 7) is 16.7. The molecule has 46 heavy (non-hydrogen) atoms. The molecule has 0 radical (unpaired) electrons. The molecule has 0 saturated heterocycles. The summed E-state index contributed by atoms with van der Waals surface area (Å²) in [5.41, 5.74) is 4.27. The molecule has 246 valence electrons. The number of anilines is 2. The maximum atomic E-state index is 11.6. The van der Waals surface area contributed by atoms with E-state index in [0.29, 0.717) is 35.5 Å². The SMILES string of the molecule is CCC(C)(C)c1ccc(OCCCNCOc2cc(Nc3cc(C(=O)O)c(O)cc3C)c3ccccc3c2O)c(C(C)(C)CC)c1. The number of nitrogens with one attached hydrogen (secondary N) is 2. The van der Waals surface area contributed by atoms with Crippen LogP contribution in [0.15, 0.2) is 60.7 Å². The van der Waals surface area contributed by atoms with E-state index in [2.05, 4.69) is 70.4 Å². The summed E-state index contributed by atoms with van der Waals surface area (Å²) in [5.74, 6) is -0.303. The van der Waals surface area contributed by atoms with Crippen molar-refractivity contribution in [1.29, 1.82) is 0 Å². The van der Waals surface area contributed by atoms with Crippen molar-refractivity contribution in [2.24, 2.45) is 0 Å². The Morgan fingerprint density at radius 1 is 0.826 bits per heavy atom. The number of carboxylic acids is 1. The number of carboxylic acid groups (broad SMARTS) is 1. The number of hydrogen-bond donors (Lipinski definition) is 5. The number of ether oxygens (including phenoxy) is 2. The van der Waals surface area contributed by atoms with Gasteiger partial charge >= 0.3 is 5.97 Å². The van der Waals surface area contributed by atoms with E-state index in [4.69, 9.17) is 9.47 Å². The van der Waals surface area contributed by atoms with E-state index in [-0.39, 0.29) is 40.4 Å². The molecule has 5 N–H and O–H groups in total. The van der Waals surface area contributed by atoms with Crippen molar-refractivity contribution in [3.63, 3.8) is 0 Å². The fourth-order valence-corrected chi connectivity index (χ4v) is 5.27. The Hall–Kier alpha value is -4.43. The van der Waals surface area contributed by atoms with Gasteiger partial charge in [-0.25, -0.2) is 4.79 Å². The van der Waals surface area contributed by atoms with Gasteiger partial charge in [0.25, 0.3) is 0 Å². The third-order valence-corrected chi connectivity index (χ3v) is 9.17. The highest BCUT2D eigenvalue weighted by Gasteiger charge is 2.26. The van der Waals surface area contributed by atoms with Crippen LogP contribution in [0.2, 0.25) is 0 Å². The molecular formula is C38H48N2O6. The number of aryl methyl sites for hydroxylation is 1. The molecule has 0 atom stereocenters. The van der Waals surface area contributed by atoms with E-state index in [1.165, 1.54) is 23.3 Å². The molecule has 0 spiro atoms. The zero-order valence-corrected chi connectivity index (χ0v) is 28.1. The topological polar surface area (TPSA) is 120 Å². The molecular weight excluding hydrogens is 580 g/mol. The third kappa shape index (κ3) is 7.68. The summed E-state index contributed by atoms with van der Waals surface area (Å²) in [7, 11) is 0. The largest absolute Gasteiger partial charge is 0.507 e. The zero-order valence-electron chi connectivity index (χ0n) is 28.1. The number of benzene rings is 4. The normalized spacial score (nSPS) is 11.9. The summed E-state index contributed by atoms with van der Waals surface area (Å²) in [6, 6.07) is 18.5. The Labute approximate surface area is 272 Å². The number of fused-ring (bicyclic) bond motifs is 1. The van der Waals surface area contributed by atoms with Crippen LogP contribution < -0.4 is 20.1 Å². The molecule has 4 aromatic carbocycles. The van der Waals surface area contributed by atoms with Gasteiger partial charge in [0.05, 0.1) is 12.3 Å². The van der Waals surface area contributed by atoms with Gasteiger partial charge in [-0.05, 0) is 66.3 Å². The maximum absolute atomic E-state index is 11.6. The van der Waals surface area contributed by atoms with Gasteiger partial charge in [0.15, 0.2) is 11.5 Å². The Kier molecular flexibility index (Phi) is 10.7. The number of hydrogen-bond acceptors (Lipinski definition) is 7. The monoisotopic (exact) mass is 628 g/mol. The predicted molar refractivity (Wildman–Crippen MR) is 185 cm³/mol. The molecule has 0 amide bonds. The average molecular weight is 629 g/mol. The smallest absolute Gasteiger partial charge is 0.339 e. The Morgan fingerprint density at radius 2 is 1.52 bits per heavy atom. The quantitative estimate of drug-likeness (QED) is 0.0503. The first-order chi connectivity index (χ1) is 21.8. The van der Waals surface area contributed by atoms with Gasteiger partial charge in [0.1, 0.15) is 23.8 Å². The minimum absolute atomic E-state index is 0.00362. The Balaban J connectivity index is 1.40. The van der Waals surface area contributed by atoms with Crippen LogP contribution >= 0.6 is 0 Å². The summed E-state index contributed by atoms with van der Waals surface area (Å²) in [6.07, 6.45) is 2.84. The molecule has 0 aromatic heterocycles. The molecule has 0 aliphatic heterocycles. The fourth-order valence-electron chi connectivity index (χ4n) is 5.27. The van der Waals surface area contributed by atoms with Crippen molar-refractivity contribution in [2.45, 2.75) is 78.6 Å². The van der Waals surface area contributed by atoms with Crippen molar-refractivity contribution in [3.05, 3.63) is 82.9 Å². The fraction of sp³-hybridized carbons (Fsp3) is 0.395. The average Bonchev–Trinajstić information content (AvgIpc) is 3.03. The summed E-state index contributed by atoms with van der Waals surface area (Å²) < 4.78 is 12.2. The first-order valence-corrected chi connectivity index (χ1v) is 16.0. The first kappa shape index (κ1) is 34.4. The molecule has 0 aliphatic rings. The highest BCUT2D eigenvalue weighted by atomic mass is 16.5. The number of rotatable bonds is 15. The minimum Gasteiger partial charge on any atom is -0.507 e. The highest BCUT2D eigenvalue weighted by molar-refractivity contribution is 6.01. The van der Waals surface area contributed by atoms with Crippen LogP contribution in [0.4, 0.5) is 11.4 Å². The maximum Gasteiger partial charge on any atom is 0.339 e. The second-order valence-corrected chi connectivity index (χ2v) is 13.1. The molecule has 0 unspecified atom stereocenters. The molecule has 0 saturated carbocycles. The summed E-state index contributed by atoms with van der Waals surface area (Å²) in [5, 5.41) is 38.4. The lowest BCUT2D eigenvalue weighted by atomic mass is 9.76. The number of aromatic hydroxyl groups is 2. The van der Waals surface area contributed by atoms with Crippen molar-refractivity contribution >= 4 is 28.1 Å². The third-order valence-electron chi connectivity index (χ3n) is 9.17. The van der Waals surface area contributed by atoms with Crippen LogP contribution in [0.5, 0.6) is 23.0 Å². The Morgan fingerprint density at radius 3 is 2.20 bits per heavy atom. The molecule has 0 heterocycles. The van der Waals surface area contributed by atoms with Crippen LogP contribution in [-0.2, 0) is 10.8 Å². The minimum atomic E-state index is -1.23. The number of aromatic carboxylic acids is 1. The molecule has 8 nitrogen and oxygen atoms in total. The van der Waals surface area contributed by atoms with Crippen molar-refractivity contribution in [3.8, 4) is 23.0 Å². The van der Waals surface area contributed by atoms with Gasteiger partial charge in [0, 0.05) is 34.6 Å². The lowest BCUT2D eigenvalue weighted by molar-refractivity contribution is 0.0693. The van der Waals surface area contributed by atoms with Gasteiger partial charge in [-0.2, -0.15) is 0 Å². The Bertz CT molecular complexity index is 1690. The second kappa shape index (κ2) is 14.3. The standard InChI is InChI=1S/C38H48N2O6/c1-8-37(4,5)25-15-16-33(29(20-25)38(6,7)9-2)45-18-12-17-39-23-46-34-22-31(26-13-10-11-14-27(26)35(34)42)40-30-21-28(36(43)44)32(41)19-24(30)3/h10-11,13-16,19-22,39-42H,8-9,12,17-18,23H2,1-7H3,(H,43,44). The van der Waals surface area contributed by atoms with Gasteiger partial charge < -0.3 is 30.1 Å². The van der Waals surface area contributed by atoms with E-state index in [1.54, 1.807) is 19.1 Å². The molecule has 0 fully saturated rings. The summed E-state index contributed by atoms with van der Waals surface area (Å²) in [4.78, 5) is 11.6. The molecule has 0 aliphatic carbocycles. The molecule has 4 rings (SSSR count). The van der Waals surface area contributed by atoms with Gasteiger partial charge in [-0.3, -0.25) is 5.32 Å². The number of phenols is 2. The van der Waals surface area contributed by atoms with Crippen LogP contribution in [0.25, 0.3) is 10.8 Å². The van der Waals surface area contributed by atoms with E-state index < -0.39 is 5.97 Å². The molecule has 8 heteroatoms. The van der Waals surface area contributed by atoms with E-state index in [1.807, 2.05) is 18.2 Å². The lowest BCUT2D eigenvalue weighted by Gasteiger charge is -2.30. The van der Waals surface area contributed by atoms with Crippen molar-refractivity contribution in [2.75, 3.05) is 25.2 Å². The van der Waals surface area contributed by atoms with E-state index in [9.17, 15) is 20.1 Å². The predicted octanol–water partition coefficient (Wildman–Crippen LogP) is 8.77. The molecule has 4 aromatic rings. The number of phenolic OH excluding ortho intramolecular Hbond substituents is 1. The van der Waals surface area contributed by atoms with Gasteiger partial charge in [0.2, 0.25) is 0 Å². The van der Waals surface area contributed by atoms with Gasteiger partial charge in [-0.1, -0.05) is 77.9 Å². The highest BCUT2D eigenvalue weighted by Crippen LogP contribution is 2.42. The second-order valence-electron chi connectivity index (χ2n) is 13.1.